The van der Waals surface area contributed by atoms with Gasteiger partial charge in [-0.3, -0.25) is 0 Å². The molecular formula is C13H23ClN4. The van der Waals surface area contributed by atoms with Crippen molar-refractivity contribution in [2.75, 3.05) is 23.3 Å². The van der Waals surface area contributed by atoms with Gasteiger partial charge in [-0.1, -0.05) is 25.4 Å². The second-order valence-corrected chi connectivity index (χ2v) is 4.99. The highest BCUT2D eigenvalue weighted by Crippen LogP contribution is 2.25. The molecule has 0 fully saturated rings. The van der Waals surface area contributed by atoms with E-state index in [9.17, 15) is 0 Å². The van der Waals surface area contributed by atoms with E-state index in [1.54, 1.807) is 6.20 Å². The first-order chi connectivity index (χ1) is 8.60. The summed E-state index contributed by atoms with van der Waals surface area (Å²) in [6.45, 7) is 10.4. The van der Waals surface area contributed by atoms with Gasteiger partial charge in [-0.25, -0.2) is 4.98 Å². The van der Waals surface area contributed by atoms with E-state index < -0.39 is 0 Å². The van der Waals surface area contributed by atoms with Crippen LogP contribution in [0.5, 0.6) is 0 Å². The van der Waals surface area contributed by atoms with Gasteiger partial charge in [0.15, 0.2) is 5.82 Å². The second kappa shape index (κ2) is 7.41. The van der Waals surface area contributed by atoms with Crippen LogP contribution in [0.3, 0.4) is 0 Å². The van der Waals surface area contributed by atoms with E-state index >= 15 is 0 Å². The third-order valence-corrected chi connectivity index (χ3v) is 2.89. The first-order valence-electron chi connectivity index (χ1n) is 6.63. The van der Waals surface area contributed by atoms with Gasteiger partial charge in [0.2, 0.25) is 5.95 Å². The zero-order valence-corrected chi connectivity index (χ0v) is 12.5. The zero-order valence-electron chi connectivity index (χ0n) is 11.7. The number of rotatable bonds is 7. The summed E-state index contributed by atoms with van der Waals surface area (Å²) >= 11 is 6.21. The second-order valence-electron chi connectivity index (χ2n) is 4.58. The van der Waals surface area contributed by atoms with Gasteiger partial charge in [0, 0.05) is 19.1 Å². The topological polar surface area (TPSA) is 41.1 Å². The molecule has 1 rings (SSSR count). The molecule has 102 valence electrons. The Kier molecular flexibility index (Phi) is 6.19. The molecule has 0 radical (unpaired) electrons. The molecule has 0 aliphatic rings. The van der Waals surface area contributed by atoms with Gasteiger partial charge in [0.1, 0.15) is 5.02 Å². The summed E-state index contributed by atoms with van der Waals surface area (Å²) in [6.07, 6.45) is 3.79. The van der Waals surface area contributed by atoms with Crippen molar-refractivity contribution in [1.29, 1.82) is 0 Å². The molecule has 0 unspecified atom stereocenters. The molecule has 0 saturated carbocycles. The lowest BCUT2D eigenvalue weighted by Crippen LogP contribution is -2.32. The molecule has 1 heterocycles. The van der Waals surface area contributed by atoms with Gasteiger partial charge in [0.05, 0.1) is 6.20 Å². The van der Waals surface area contributed by atoms with Crippen LogP contribution in [-0.4, -0.2) is 29.1 Å². The number of halogens is 1. The number of nitrogens with one attached hydrogen (secondary N) is 1. The van der Waals surface area contributed by atoms with Crippen molar-refractivity contribution < 1.29 is 0 Å². The van der Waals surface area contributed by atoms with Crippen molar-refractivity contribution >= 4 is 23.4 Å². The SMILES string of the molecule is CCCNc1ncc(Cl)c(N(CCC)C(C)C)n1. The van der Waals surface area contributed by atoms with Crippen LogP contribution in [0.4, 0.5) is 11.8 Å². The average Bonchev–Trinajstić information content (AvgIpc) is 2.35. The molecule has 0 atom stereocenters. The number of aromatic nitrogens is 2. The molecule has 0 bridgehead atoms. The maximum Gasteiger partial charge on any atom is 0.224 e. The Labute approximate surface area is 115 Å². The van der Waals surface area contributed by atoms with Crippen LogP contribution >= 0.6 is 11.6 Å². The van der Waals surface area contributed by atoms with E-state index in [1.807, 2.05) is 0 Å². The lowest BCUT2D eigenvalue weighted by Gasteiger charge is -2.28. The van der Waals surface area contributed by atoms with E-state index in [-0.39, 0.29) is 0 Å². The molecule has 0 aliphatic carbocycles. The van der Waals surface area contributed by atoms with E-state index in [1.165, 1.54) is 0 Å². The van der Waals surface area contributed by atoms with Crippen molar-refractivity contribution in [2.45, 2.75) is 46.6 Å². The van der Waals surface area contributed by atoms with Gasteiger partial charge in [-0.2, -0.15) is 4.98 Å². The predicted octanol–water partition coefficient (Wildman–Crippen LogP) is 3.58. The highest BCUT2D eigenvalue weighted by Gasteiger charge is 2.15. The summed E-state index contributed by atoms with van der Waals surface area (Å²) in [5.41, 5.74) is 0. The van der Waals surface area contributed by atoms with E-state index in [4.69, 9.17) is 11.6 Å². The fourth-order valence-electron chi connectivity index (χ4n) is 1.73. The molecule has 1 aromatic rings. The summed E-state index contributed by atoms with van der Waals surface area (Å²) in [6, 6.07) is 0.372. The standard InChI is InChI=1S/C13H23ClN4/c1-5-7-15-13-16-9-11(14)12(17-13)18(8-6-2)10(3)4/h9-10H,5-8H2,1-4H3,(H,15,16,17). The Hall–Kier alpha value is -1.03. The van der Waals surface area contributed by atoms with Gasteiger partial charge in [-0.05, 0) is 26.7 Å². The molecule has 1 N–H and O–H groups in total. The molecule has 0 aliphatic heterocycles. The van der Waals surface area contributed by atoms with E-state index in [0.717, 1.165) is 31.7 Å². The Morgan fingerprint density at radius 2 is 2.06 bits per heavy atom. The normalized spacial score (nSPS) is 10.8. The largest absolute Gasteiger partial charge is 0.354 e. The lowest BCUT2D eigenvalue weighted by atomic mass is 10.3. The number of hydrogen-bond donors (Lipinski definition) is 1. The minimum absolute atomic E-state index is 0.372. The summed E-state index contributed by atoms with van der Waals surface area (Å²) in [7, 11) is 0. The maximum absolute atomic E-state index is 6.21. The smallest absolute Gasteiger partial charge is 0.224 e. The maximum atomic E-state index is 6.21. The predicted molar refractivity (Wildman–Crippen MR) is 78.6 cm³/mol. The van der Waals surface area contributed by atoms with Crippen molar-refractivity contribution in [2.24, 2.45) is 0 Å². The third kappa shape index (κ3) is 4.02. The quantitative estimate of drug-likeness (QED) is 0.822. The molecule has 0 amide bonds. The molecule has 18 heavy (non-hydrogen) atoms. The summed E-state index contributed by atoms with van der Waals surface area (Å²) in [5, 5.41) is 3.80. The minimum atomic E-state index is 0.372. The van der Waals surface area contributed by atoms with Crippen LogP contribution in [0, 0.1) is 0 Å². The van der Waals surface area contributed by atoms with Crippen LogP contribution in [0.2, 0.25) is 5.02 Å². The number of nitrogens with zero attached hydrogens (tertiary/aromatic N) is 3. The fraction of sp³-hybridized carbons (Fsp3) is 0.692. The van der Waals surface area contributed by atoms with E-state index in [2.05, 4.69) is 47.9 Å². The summed E-state index contributed by atoms with van der Waals surface area (Å²) < 4.78 is 0. The first kappa shape index (κ1) is 15.0. The van der Waals surface area contributed by atoms with Crippen LogP contribution in [0.1, 0.15) is 40.5 Å². The van der Waals surface area contributed by atoms with Crippen molar-refractivity contribution in [3.8, 4) is 0 Å². The Morgan fingerprint density at radius 1 is 1.33 bits per heavy atom. The van der Waals surface area contributed by atoms with Crippen LogP contribution in [0.25, 0.3) is 0 Å². The van der Waals surface area contributed by atoms with Crippen LogP contribution < -0.4 is 10.2 Å². The highest BCUT2D eigenvalue weighted by atomic mass is 35.5. The van der Waals surface area contributed by atoms with E-state index in [0.29, 0.717) is 17.0 Å². The first-order valence-corrected chi connectivity index (χ1v) is 7.01. The molecule has 0 spiro atoms. The minimum Gasteiger partial charge on any atom is -0.354 e. The zero-order chi connectivity index (χ0) is 13.5. The van der Waals surface area contributed by atoms with Crippen LogP contribution in [-0.2, 0) is 0 Å². The third-order valence-electron chi connectivity index (χ3n) is 2.62. The van der Waals surface area contributed by atoms with Gasteiger partial charge in [0.25, 0.3) is 0 Å². The summed E-state index contributed by atoms with van der Waals surface area (Å²) in [5.74, 6) is 1.47. The number of anilines is 2. The Bertz CT molecular complexity index is 368. The highest BCUT2D eigenvalue weighted by molar-refractivity contribution is 6.32. The number of hydrogen-bond acceptors (Lipinski definition) is 4. The molecule has 0 saturated heterocycles. The monoisotopic (exact) mass is 270 g/mol. The molecular weight excluding hydrogens is 248 g/mol. The molecule has 1 aromatic heterocycles. The fourth-order valence-corrected chi connectivity index (χ4v) is 1.93. The lowest BCUT2D eigenvalue weighted by molar-refractivity contribution is 0.661. The molecule has 5 heteroatoms. The molecule has 4 nitrogen and oxygen atoms in total. The van der Waals surface area contributed by atoms with Crippen molar-refractivity contribution in [3.63, 3.8) is 0 Å². The molecule has 0 aromatic carbocycles. The Balaban J connectivity index is 2.96. The average molecular weight is 271 g/mol. The van der Waals surface area contributed by atoms with Crippen LogP contribution in [0.15, 0.2) is 6.20 Å². The van der Waals surface area contributed by atoms with Crippen molar-refractivity contribution in [1.82, 2.24) is 9.97 Å². The van der Waals surface area contributed by atoms with Crippen molar-refractivity contribution in [3.05, 3.63) is 11.2 Å². The summed E-state index contributed by atoms with van der Waals surface area (Å²) in [4.78, 5) is 10.9. The van der Waals surface area contributed by atoms with Gasteiger partial charge < -0.3 is 10.2 Å². The van der Waals surface area contributed by atoms with Gasteiger partial charge >= 0.3 is 0 Å². The Morgan fingerprint density at radius 3 is 2.61 bits per heavy atom. The van der Waals surface area contributed by atoms with Gasteiger partial charge in [-0.15, -0.1) is 0 Å².